The first-order chi connectivity index (χ1) is 6.29. The molecule has 2 N–H and O–H groups in total. The van der Waals surface area contributed by atoms with Crippen LogP contribution >= 0.6 is 23.7 Å². The highest BCUT2D eigenvalue weighted by molar-refractivity contribution is 7.10. The summed E-state index contributed by atoms with van der Waals surface area (Å²) in [6.07, 6.45) is 5.42. The predicted molar refractivity (Wildman–Crippen MR) is 65.2 cm³/mol. The van der Waals surface area contributed by atoms with Gasteiger partial charge in [-0.3, -0.25) is 0 Å². The summed E-state index contributed by atoms with van der Waals surface area (Å²) in [5.74, 6) is 0.748. The highest BCUT2D eigenvalue weighted by Gasteiger charge is 2.24. The van der Waals surface area contributed by atoms with Crippen LogP contribution in [0.25, 0.3) is 0 Å². The fourth-order valence-corrected chi connectivity index (χ4v) is 3.28. The van der Waals surface area contributed by atoms with Gasteiger partial charge in [0, 0.05) is 10.9 Å². The molecule has 0 amide bonds. The minimum absolute atomic E-state index is 0. The minimum atomic E-state index is 0. The first-order valence-corrected chi connectivity index (χ1v) is 5.96. The van der Waals surface area contributed by atoms with Crippen LogP contribution in [0, 0.1) is 12.8 Å². The van der Waals surface area contributed by atoms with Crippen LogP contribution in [0.4, 0.5) is 0 Å². The Morgan fingerprint density at radius 1 is 1.43 bits per heavy atom. The lowest BCUT2D eigenvalue weighted by atomic mass is 9.96. The molecule has 1 heterocycles. The van der Waals surface area contributed by atoms with E-state index < -0.39 is 0 Å². The van der Waals surface area contributed by atoms with E-state index in [1.54, 1.807) is 0 Å². The van der Waals surface area contributed by atoms with E-state index in [1.165, 1.54) is 36.1 Å². The lowest BCUT2D eigenvalue weighted by Crippen LogP contribution is -2.18. The van der Waals surface area contributed by atoms with Crippen LogP contribution in [0.5, 0.6) is 0 Å². The Morgan fingerprint density at radius 3 is 2.57 bits per heavy atom. The van der Waals surface area contributed by atoms with E-state index in [2.05, 4.69) is 18.4 Å². The van der Waals surface area contributed by atoms with Crippen LogP contribution in [-0.4, -0.2) is 0 Å². The van der Waals surface area contributed by atoms with Crippen LogP contribution in [-0.2, 0) is 0 Å². The van der Waals surface area contributed by atoms with Gasteiger partial charge in [-0.1, -0.05) is 12.8 Å². The van der Waals surface area contributed by atoms with E-state index >= 15 is 0 Å². The molecule has 0 saturated heterocycles. The molecule has 14 heavy (non-hydrogen) atoms. The molecule has 1 fully saturated rings. The van der Waals surface area contributed by atoms with Crippen molar-refractivity contribution in [1.82, 2.24) is 0 Å². The van der Waals surface area contributed by atoms with Crippen molar-refractivity contribution in [1.29, 1.82) is 0 Å². The molecule has 0 bridgehead atoms. The van der Waals surface area contributed by atoms with E-state index in [4.69, 9.17) is 5.73 Å². The molecule has 0 aromatic carbocycles. The molecular formula is C11H18ClNS. The number of nitrogens with two attached hydrogens (primary N) is 1. The zero-order valence-corrected chi connectivity index (χ0v) is 10.2. The second-order valence-corrected chi connectivity index (χ2v) is 4.99. The Hall–Kier alpha value is -0.0500. The zero-order chi connectivity index (χ0) is 9.26. The van der Waals surface area contributed by atoms with Crippen LogP contribution in [0.2, 0.25) is 0 Å². The number of hydrogen-bond acceptors (Lipinski definition) is 2. The summed E-state index contributed by atoms with van der Waals surface area (Å²) in [5, 5.41) is 2.15. The summed E-state index contributed by atoms with van der Waals surface area (Å²) in [4.78, 5) is 1.41. The number of thiophene rings is 1. The first kappa shape index (κ1) is 12.0. The Labute approximate surface area is 96.1 Å². The summed E-state index contributed by atoms with van der Waals surface area (Å²) in [6, 6.07) is 2.48. The van der Waals surface area contributed by atoms with Gasteiger partial charge in [0.1, 0.15) is 0 Å². The van der Waals surface area contributed by atoms with Gasteiger partial charge in [-0.2, -0.15) is 0 Å². The summed E-state index contributed by atoms with van der Waals surface area (Å²) in [5.41, 5.74) is 7.64. The van der Waals surface area contributed by atoms with Crippen molar-refractivity contribution in [3.63, 3.8) is 0 Å². The fourth-order valence-electron chi connectivity index (χ4n) is 2.26. The highest BCUT2D eigenvalue weighted by Crippen LogP contribution is 2.36. The first-order valence-electron chi connectivity index (χ1n) is 5.08. The molecule has 0 aliphatic heterocycles. The van der Waals surface area contributed by atoms with Crippen molar-refractivity contribution in [3.05, 3.63) is 21.9 Å². The van der Waals surface area contributed by atoms with Gasteiger partial charge in [0.2, 0.25) is 0 Å². The molecule has 1 aliphatic carbocycles. The number of hydrogen-bond donors (Lipinski definition) is 1. The second-order valence-electron chi connectivity index (χ2n) is 4.04. The minimum Gasteiger partial charge on any atom is -0.323 e. The smallest absolute Gasteiger partial charge is 0.0421 e. The van der Waals surface area contributed by atoms with Crippen LogP contribution in [0.15, 0.2) is 11.4 Å². The molecule has 80 valence electrons. The lowest BCUT2D eigenvalue weighted by molar-refractivity contribution is 0.449. The molecule has 0 unspecified atom stereocenters. The van der Waals surface area contributed by atoms with Gasteiger partial charge in [-0.05, 0) is 42.7 Å². The van der Waals surface area contributed by atoms with Gasteiger partial charge < -0.3 is 5.73 Å². The third-order valence-corrected chi connectivity index (χ3v) is 4.23. The van der Waals surface area contributed by atoms with Gasteiger partial charge in [-0.15, -0.1) is 23.7 Å². The van der Waals surface area contributed by atoms with Gasteiger partial charge in [0.15, 0.2) is 0 Å². The molecule has 1 aliphatic rings. The van der Waals surface area contributed by atoms with Crippen molar-refractivity contribution in [2.24, 2.45) is 11.7 Å². The topological polar surface area (TPSA) is 26.0 Å². The quantitative estimate of drug-likeness (QED) is 0.826. The molecule has 1 aromatic heterocycles. The second kappa shape index (κ2) is 5.15. The number of aryl methyl sites for hydroxylation is 1. The normalized spacial score (nSPS) is 19.3. The molecule has 1 aromatic rings. The molecule has 1 atom stereocenters. The number of halogens is 1. The van der Waals surface area contributed by atoms with Crippen molar-refractivity contribution in [3.8, 4) is 0 Å². The van der Waals surface area contributed by atoms with Crippen LogP contribution in [0.1, 0.15) is 42.2 Å². The Kier molecular flexibility index (Phi) is 4.42. The van der Waals surface area contributed by atoms with E-state index in [-0.39, 0.29) is 12.4 Å². The van der Waals surface area contributed by atoms with Gasteiger partial charge in [0.05, 0.1) is 0 Å². The van der Waals surface area contributed by atoms with E-state index in [1.807, 2.05) is 11.3 Å². The third kappa shape index (κ3) is 2.30. The third-order valence-electron chi connectivity index (χ3n) is 3.11. The Bertz CT molecular complexity index is 279. The molecule has 0 radical (unpaired) electrons. The van der Waals surface area contributed by atoms with Gasteiger partial charge in [-0.25, -0.2) is 0 Å². The van der Waals surface area contributed by atoms with Gasteiger partial charge in [0.25, 0.3) is 0 Å². The predicted octanol–water partition coefficient (Wildman–Crippen LogP) is 3.67. The van der Waals surface area contributed by atoms with Crippen LogP contribution < -0.4 is 5.73 Å². The maximum atomic E-state index is 6.26. The van der Waals surface area contributed by atoms with Crippen LogP contribution in [0.3, 0.4) is 0 Å². The van der Waals surface area contributed by atoms with E-state index in [0.717, 1.165) is 5.92 Å². The van der Waals surface area contributed by atoms with E-state index in [0.29, 0.717) is 6.04 Å². The Balaban J connectivity index is 0.000000980. The Morgan fingerprint density at radius 2 is 2.07 bits per heavy atom. The largest absolute Gasteiger partial charge is 0.323 e. The average molecular weight is 232 g/mol. The molecule has 1 saturated carbocycles. The molecule has 3 heteroatoms. The summed E-state index contributed by atoms with van der Waals surface area (Å²) in [6.45, 7) is 2.17. The molecular weight excluding hydrogens is 214 g/mol. The van der Waals surface area contributed by atoms with E-state index in [9.17, 15) is 0 Å². The molecule has 1 nitrogen and oxygen atoms in total. The van der Waals surface area contributed by atoms with Crippen molar-refractivity contribution < 1.29 is 0 Å². The zero-order valence-electron chi connectivity index (χ0n) is 8.53. The molecule has 0 spiro atoms. The molecule has 2 rings (SSSR count). The SMILES string of the molecule is Cc1ccsc1[C@@H](N)C1CCCC1.Cl. The van der Waals surface area contributed by atoms with Gasteiger partial charge >= 0.3 is 0 Å². The fraction of sp³-hybridized carbons (Fsp3) is 0.636. The summed E-state index contributed by atoms with van der Waals surface area (Å²) in [7, 11) is 0. The standard InChI is InChI=1S/C11H17NS.ClH/c1-8-6-7-13-11(8)10(12)9-4-2-3-5-9;/h6-7,9-10H,2-5,12H2,1H3;1H/t10-;/m0./s1. The maximum Gasteiger partial charge on any atom is 0.0421 e. The monoisotopic (exact) mass is 231 g/mol. The van der Waals surface area contributed by atoms with Crippen molar-refractivity contribution in [2.45, 2.75) is 38.6 Å². The maximum absolute atomic E-state index is 6.26. The van der Waals surface area contributed by atoms with Crippen molar-refractivity contribution >= 4 is 23.7 Å². The lowest BCUT2D eigenvalue weighted by Gasteiger charge is -2.18. The summed E-state index contributed by atoms with van der Waals surface area (Å²) >= 11 is 1.82. The van der Waals surface area contributed by atoms with Crippen molar-refractivity contribution in [2.75, 3.05) is 0 Å². The highest BCUT2D eigenvalue weighted by atomic mass is 35.5. The average Bonchev–Trinajstić information content (AvgIpc) is 2.72. The summed E-state index contributed by atoms with van der Waals surface area (Å²) < 4.78 is 0. The number of rotatable bonds is 2.